The Kier molecular flexibility index (Phi) is 8.89. The van der Waals surface area contributed by atoms with Gasteiger partial charge in [0, 0.05) is 18.5 Å². The number of amides is 2. The molecule has 3 rings (SSSR count). The summed E-state index contributed by atoms with van der Waals surface area (Å²) in [6.07, 6.45) is -3.13. The molecule has 9 nitrogen and oxygen atoms in total. The lowest BCUT2D eigenvalue weighted by atomic mass is 9.76. The average Bonchev–Trinajstić information content (AvgIpc) is 3.39. The lowest BCUT2D eigenvalue weighted by Crippen LogP contribution is -2.49. The zero-order valence-corrected chi connectivity index (χ0v) is 20.6. The van der Waals surface area contributed by atoms with Crippen molar-refractivity contribution in [3.8, 4) is 6.07 Å². The molecule has 0 unspecified atom stereocenters. The molecule has 200 valence electrons. The van der Waals surface area contributed by atoms with Gasteiger partial charge in [0.25, 0.3) is 11.8 Å². The summed E-state index contributed by atoms with van der Waals surface area (Å²) in [6.45, 7) is 2.04. The number of alkyl carbamates (subject to hydrolysis) is 1. The van der Waals surface area contributed by atoms with Gasteiger partial charge in [-0.15, -0.1) is 0 Å². The van der Waals surface area contributed by atoms with Crippen LogP contribution in [-0.2, 0) is 16.0 Å². The molecule has 0 saturated carbocycles. The van der Waals surface area contributed by atoms with Gasteiger partial charge in [0.2, 0.25) is 0 Å². The van der Waals surface area contributed by atoms with Crippen molar-refractivity contribution in [2.24, 2.45) is 0 Å². The van der Waals surface area contributed by atoms with E-state index in [0.29, 0.717) is 0 Å². The smallest absolute Gasteiger partial charge is 0.441 e. The molecule has 2 saturated heterocycles. The number of carbonyl (C=O) groups excluding carboxylic acids is 2. The highest BCUT2D eigenvalue weighted by atomic mass is 19.3. The van der Waals surface area contributed by atoms with Gasteiger partial charge in [-0.25, -0.2) is 18.0 Å². The van der Waals surface area contributed by atoms with Gasteiger partial charge in [-0.3, -0.25) is 9.69 Å². The third kappa shape index (κ3) is 7.47. The van der Waals surface area contributed by atoms with E-state index in [0.717, 1.165) is 10.5 Å². The topological polar surface area (TPSA) is 126 Å². The van der Waals surface area contributed by atoms with Crippen LogP contribution in [-0.4, -0.2) is 94.8 Å². The lowest BCUT2D eigenvalue weighted by Gasteiger charge is -2.33. The zero-order chi connectivity index (χ0) is 27.4. The van der Waals surface area contributed by atoms with Crippen LogP contribution in [0.4, 0.5) is 18.0 Å². The summed E-state index contributed by atoms with van der Waals surface area (Å²) < 4.78 is 47.1. The van der Waals surface area contributed by atoms with Gasteiger partial charge in [-0.1, -0.05) is 30.3 Å². The fourth-order valence-corrected chi connectivity index (χ4v) is 4.42. The third-order valence-electron chi connectivity index (χ3n) is 6.54. The molecule has 0 aliphatic carbocycles. The predicted molar refractivity (Wildman–Crippen MR) is 128 cm³/mol. The summed E-state index contributed by atoms with van der Waals surface area (Å²) in [5.74, 6) is -4.78. The number of likely N-dealkylation sites (tertiary alicyclic amines) is 2. The Morgan fingerprint density at radius 2 is 2.00 bits per heavy atom. The molecule has 3 atom stereocenters. The van der Waals surface area contributed by atoms with Gasteiger partial charge in [0.1, 0.15) is 11.6 Å². The Morgan fingerprint density at radius 1 is 1.32 bits per heavy atom. The highest BCUT2D eigenvalue weighted by molar-refractivity contribution is 6.43. The molecule has 0 spiro atoms. The van der Waals surface area contributed by atoms with E-state index >= 15 is 0 Å². The molecule has 1 aromatic rings. The number of rotatable bonds is 8. The van der Waals surface area contributed by atoms with Crippen molar-refractivity contribution in [1.82, 2.24) is 15.1 Å². The summed E-state index contributed by atoms with van der Waals surface area (Å²) in [6, 6.07) is 10.5. The molecule has 1 aromatic carbocycles. The van der Waals surface area contributed by atoms with Crippen LogP contribution >= 0.6 is 0 Å². The molecule has 0 radical (unpaired) electrons. The number of nitrogens with zero attached hydrogens (tertiary/aromatic N) is 3. The highest BCUT2D eigenvalue weighted by Crippen LogP contribution is 2.33. The molecule has 2 aliphatic heterocycles. The molecule has 13 heteroatoms. The second kappa shape index (κ2) is 11.5. The Balaban J connectivity index is 1.61. The van der Waals surface area contributed by atoms with Crippen LogP contribution in [0.1, 0.15) is 25.8 Å². The van der Waals surface area contributed by atoms with E-state index in [-0.39, 0.29) is 31.5 Å². The van der Waals surface area contributed by atoms with Crippen molar-refractivity contribution >= 4 is 19.1 Å². The van der Waals surface area contributed by atoms with Crippen LogP contribution in [0.5, 0.6) is 0 Å². The van der Waals surface area contributed by atoms with Crippen LogP contribution in [0, 0.1) is 11.3 Å². The summed E-state index contributed by atoms with van der Waals surface area (Å²) in [5.41, 5.74) is -0.633. The van der Waals surface area contributed by atoms with Crippen molar-refractivity contribution in [3.05, 3.63) is 47.5 Å². The molecule has 2 heterocycles. The first-order chi connectivity index (χ1) is 17.3. The largest absolute Gasteiger partial charge is 0.475 e. The number of carbonyl (C=O) groups is 2. The fraction of sp³-hybridized carbons (Fsp3) is 0.542. The summed E-state index contributed by atoms with van der Waals surface area (Å²) >= 11 is 0. The van der Waals surface area contributed by atoms with Crippen LogP contribution in [0.15, 0.2) is 42.0 Å². The molecule has 0 aromatic heterocycles. The minimum atomic E-state index is -2.85. The van der Waals surface area contributed by atoms with E-state index in [1.165, 1.54) is 11.0 Å². The van der Waals surface area contributed by atoms with Gasteiger partial charge >= 0.3 is 13.2 Å². The number of benzene rings is 1. The molecular weight excluding hydrogens is 492 g/mol. The second-order valence-corrected chi connectivity index (χ2v) is 9.88. The molecule has 2 fully saturated rings. The third-order valence-corrected chi connectivity index (χ3v) is 6.54. The number of alkyl halides is 3. The number of nitriles is 1. The normalized spacial score (nSPS) is 22.9. The predicted octanol–water partition coefficient (Wildman–Crippen LogP) is 1.45. The molecule has 3 N–H and O–H groups in total. The van der Waals surface area contributed by atoms with E-state index in [9.17, 15) is 38.1 Å². The number of halogens is 3. The van der Waals surface area contributed by atoms with Gasteiger partial charge < -0.3 is 25.0 Å². The highest BCUT2D eigenvalue weighted by Gasteiger charge is 2.44. The van der Waals surface area contributed by atoms with Crippen molar-refractivity contribution in [1.29, 1.82) is 5.26 Å². The van der Waals surface area contributed by atoms with Crippen molar-refractivity contribution < 1.29 is 37.5 Å². The SMILES string of the molecule is CC(C)(/C=C(\C#N)C(=O)N1C[C@H](F)[C@H](OC(=O)N[C@@H](Cc2ccccc2)B(O)O)C1)N1CCC(F)(F)C1. The van der Waals surface area contributed by atoms with Gasteiger partial charge in [-0.05, 0) is 31.9 Å². The van der Waals surface area contributed by atoms with E-state index in [1.807, 2.05) is 0 Å². The molecule has 37 heavy (non-hydrogen) atoms. The standard InChI is InChI=1S/C24H30BF3N4O5/c1-23(2,32-9-8-24(27,28)15-32)11-17(12-29)21(33)31-13-18(26)19(14-31)37-22(34)30-20(25(35)36)10-16-6-4-3-5-7-16/h3-7,11,18-20,35-36H,8-10,13-15H2,1-2H3,(H,30,34)/b17-11+/t18-,19+,20-/m0/s1. The molecule has 2 amide bonds. The lowest BCUT2D eigenvalue weighted by molar-refractivity contribution is -0.126. The van der Waals surface area contributed by atoms with Crippen molar-refractivity contribution in [2.45, 2.75) is 56.4 Å². The van der Waals surface area contributed by atoms with E-state index in [4.69, 9.17) is 4.74 Å². The van der Waals surface area contributed by atoms with Crippen LogP contribution in [0.3, 0.4) is 0 Å². The number of ether oxygens (including phenoxy) is 1. The number of hydrogen-bond acceptors (Lipinski definition) is 7. The Labute approximate surface area is 213 Å². The van der Waals surface area contributed by atoms with Crippen LogP contribution in [0.25, 0.3) is 0 Å². The zero-order valence-electron chi connectivity index (χ0n) is 20.6. The maximum Gasteiger partial charge on any atom is 0.475 e. The van der Waals surface area contributed by atoms with Crippen molar-refractivity contribution in [2.75, 3.05) is 26.2 Å². The number of nitrogens with one attached hydrogen (secondary N) is 1. The molecule has 0 bridgehead atoms. The first-order valence-corrected chi connectivity index (χ1v) is 11.9. The monoisotopic (exact) mass is 522 g/mol. The second-order valence-electron chi connectivity index (χ2n) is 9.88. The van der Waals surface area contributed by atoms with Gasteiger partial charge in [-0.2, -0.15) is 5.26 Å². The fourth-order valence-electron chi connectivity index (χ4n) is 4.42. The van der Waals surface area contributed by atoms with E-state index in [1.54, 1.807) is 50.2 Å². The maximum atomic E-state index is 14.6. The van der Waals surface area contributed by atoms with Gasteiger partial charge in [0.15, 0.2) is 12.3 Å². The first-order valence-electron chi connectivity index (χ1n) is 11.9. The van der Waals surface area contributed by atoms with Crippen LogP contribution in [0.2, 0.25) is 0 Å². The van der Waals surface area contributed by atoms with Crippen molar-refractivity contribution in [3.63, 3.8) is 0 Å². The Morgan fingerprint density at radius 3 is 2.57 bits per heavy atom. The van der Waals surface area contributed by atoms with Crippen LogP contribution < -0.4 is 5.32 Å². The number of hydrogen-bond donors (Lipinski definition) is 3. The average molecular weight is 522 g/mol. The maximum absolute atomic E-state index is 14.6. The van der Waals surface area contributed by atoms with E-state index < -0.39 is 61.9 Å². The van der Waals surface area contributed by atoms with E-state index in [2.05, 4.69) is 5.32 Å². The minimum absolute atomic E-state index is 0.0804. The van der Waals surface area contributed by atoms with Gasteiger partial charge in [0.05, 0.1) is 25.6 Å². The minimum Gasteiger partial charge on any atom is -0.441 e. The first kappa shape index (κ1) is 28.5. The Bertz CT molecular complexity index is 1050. The summed E-state index contributed by atoms with van der Waals surface area (Å²) in [5, 5.41) is 31.1. The summed E-state index contributed by atoms with van der Waals surface area (Å²) in [4.78, 5) is 27.8. The summed E-state index contributed by atoms with van der Waals surface area (Å²) in [7, 11) is -1.90. The molecule has 2 aliphatic rings. The molecular formula is C24H30BF3N4O5. The quantitative estimate of drug-likeness (QED) is 0.268. The Hall–Kier alpha value is -3.08.